The molecule has 1 aromatic heterocycles. The van der Waals surface area contributed by atoms with Gasteiger partial charge >= 0.3 is 0 Å². The third-order valence-electron chi connectivity index (χ3n) is 2.02. The second kappa shape index (κ2) is 2.94. The second-order valence-corrected chi connectivity index (χ2v) is 2.82. The largest absolute Gasteiger partial charge is 0.246 e. The Labute approximate surface area is 72.1 Å². The van der Waals surface area contributed by atoms with Gasteiger partial charge in [0.25, 0.3) is 0 Å². The minimum atomic E-state index is 1.02. The molecule has 2 aromatic rings. The second-order valence-electron chi connectivity index (χ2n) is 2.82. The van der Waals surface area contributed by atoms with Crippen molar-refractivity contribution in [2.75, 3.05) is 0 Å². The number of hydrogen-bond donors (Lipinski definition) is 0. The standard InChI is InChI=1S/C11H10N/c1-2-9-5-6-11-10(8-9)4-3-7-12-11/h3-6,8H,2H2,1H3. The minimum Gasteiger partial charge on any atom is -0.246 e. The fourth-order valence-corrected chi connectivity index (χ4v) is 1.29. The summed E-state index contributed by atoms with van der Waals surface area (Å²) in [6.45, 7) is 2.16. The molecule has 0 aliphatic carbocycles. The van der Waals surface area contributed by atoms with Crippen molar-refractivity contribution in [3.05, 3.63) is 42.1 Å². The molecule has 12 heavy (non-hydrogen) atoms. The van der Waals surface area contributed by atoms with Gasteiger partial charge in [0.15, 0.2) is 0 Å². The Kier molecular flexibility index (Phi) is 1.78. The minimum absolute atomic E-state index is 1.02. The van der Waals surface area contributed by atoms with E-state index >= 15 is 0 Å². The smallest absolute Gasteiger partial charge is 0.0894 e. The molecular weight excluding hydrogens is 146 g/mol. The summed E-state index contributed by atoms with van der Waals surface area (Å²) in [6, 6.07) is 10.2. The van der Waals surface area contributed by atoms with Gasteiger partial charge in [0.05, 0.1) is 11.7 Å². The van der Waals surface area contributed by atoms with Crippen LogP contribution in [0.15, 0.2) is 30.3 Å². The summed E-state index contributed by atoms with van der Waals surface area (Å²) in [4.78, 5) is 4.13. The maximum absolute atomic E-state index is 4.13. The van der Waals surface area contributed by atoms with E-state index in [1.807, 2.05) is 18.2 Å². The van der Waals surface area contributed by atoms with E-state index in [9.17, 15) is 0 Å². The zero-order valence-electron chi connectivity index (χ0n) is 7.04. The molecule has 1 radical (unpaired) electrons. The van der Waals surface area contributed by atoms with Gasteiger partial charge in [-0.1, -0.05) is 19.1 Å². The third-order valence-corrected chi connectivity index (χ3v) is 2.02. The molecule has 0 aliphatic rings. The Morgan fingerprint density at radius 3 is 3.08 bits per heavy atom. The summed E-state index contributed by atoms with van der Waals surface area (Å²) >= 11 is 0. The van der Waals surface area contributed by atoms with E-state index in [0.29, 0.717) is 0 Å². The van der Waals surface area contributed by atoms with Crippen LogP contribution in [0, 0.1) is 6.20 Å². The maximum Gasteiger partial charge on any atom is 0.0894 e. The van der Waals surface area contributed by atoms with Crippen molar-refractivity contribution in [2.24, 2.45) is 0 Å². The molecule has 0 saturated carbocycles. The van der Waals surface area contributed by atoms with Gasteiger partial charge in [-0.2, -0.15) is 0 Å². The number of pyridine rings is 1. The molecule has 0 N–H and O–H groups in total. The van der Waals surface area contributed by atoms with Gasteiger partial charge in [-0.05, 0) is 30.2 Å². The molecule has 0 unspecified atom stereocenters. The van der Waals surface area contributed by atoms with E-state index in [-0.39, 0.29) is 0 Å². The molecule has 2 rings (SSSR count). The molecular formula is C11H10N. The highest BCUT2D eigenvalue weighted by molar-refractivity contribution is 5.78. The molecule has 0 fully saturated rings. The lowest BCUT2D eigenvalue weighted by Crippen LogP contribution is -1.81. The average molecular weight is 156 g/mol. The third kappa shape index (κ3) is 1.18. The normalized spacial score (nSPS) is 10.4. The van der Waals surface area contributed by atoms with Gasteiger partial charge in [-0.3, -0.25) is 0 Å². The molecule has 1 aromatic carbocycles. The van der Waals surface area contributed by atoms with Gasteiger partial charge < -0.3 is 0 Å². The first kappa shape index (κ1) is 7.29. The van der Waals surface area contributed by atoms with Crippen LogP contribution >= 0.6 is 0 Å². The average Bonchev–Trinajstić information content (AvgIpc) is 2.17. The number of hydrogen-bond acceptors (Lipinski definition) is 1. The Bertz CT molecular complexity index is 393. The first-order valence-corrected chi connectivity index (χ1v) is 4.16. The van der Waals surface area contributed by atoms with E-state index in [4.69, 9.17) is 0 Å². The van der Waals surface area contributed by atoms with Gasteiger partial charge in [0.1, 0.15) is 0 Å². The zero-order valence-corrected chi connectivity index (χ0v) is 7.04. The van der Waals surface area contributed by atoms with Gasteiger partial charge in [-0.15, -0.1) is 0 Å². The van der Waals surface area contributed by atoms with Crippen molar-refractivity contribution >= 4 is 10.9 Å². The van der Waals surface area contributed by atoms with Crippen LogP contribution in [0.1, 0.15) is 12.5 Å². The lowest BCUT2D eigenvalue weighted by Gasteiger charge is -1.98. The zero-order chi connectivity index (χ0) is 8.39. The molecule has 0 amide bonds. The van der Waals surface area contributed by atoms with Crippen molar-refractivity contribution in [2.45, 2.75) is 13.3 Å². The van der Waals surface area contributed by atoms with E-state index < -0.39 is 0 Å². The van der Waals surface area contributed by atoms with Crippen molar-refractivity contribution in [3.63, 3.8) is 0 Å². The highest BCUT2D eigenvalue weighted by atomic mass is 14.6. The number of aryl methyl sites for hydroxylation is 1. The predicted octanol–water partition coefficient (Wildman–Crippen LogP) is 2.60. The number of rotatable bonds is 1. The van der Waals surface area contributed by atoms with Crippen molar-refractivity contribution < 1.29 is 0 Å². The molecule has 1 nitrogen and oxygen atoms in total. The van der Waals surface area contributed by atoms with Crippen LogP contribution in [0.2, 0.25) is 0 Å². The van der Waals surface area contributed by atoms with E-state index in [0.717, 1.165) is 11.9 Å². The number of fused-ring (bicyclic) bond motifs is 1. The van der Waals surface area contributed by atoms with Gasteiger partial charge in [-0.25, -0.2) is 4.98 Å². The highest BCUT2D eigenvalue weighted by Gasteiger charge is 1.93. The Hall–Kier alpha value is -1.37. The van der Waals surface area contributed by atoms with Crippen molar-refractivity contribution in [3.8, 4) is 0 Å². The topological polar surface area (TPSA) is 12.9 Å². The van der Waals surface area contributed by atoms with E-state index in [1.54, 1.807) is 0 Å². The van der Waals surface area contributed by atoms with Crippen LogP contribution in [0.3, 0.4) is 0 Å². The summed E-state index contributed by atoms with van der Waals surface area (Å²) in [5.74, 6) is 0. The van der Waals surface area contributed by atoms with Crippen molar-refractivity contribution in [1.29, 1.82) is 0 Å². The van der Waals surface area contributed by atoms with Crippen LogP contribution in [-0.4, -0.2) is 4.98 Å². The van der Waals surface area contributed by atoms with Gasteiger partial charge in [0, 0.05) is 5.39 Å². The highest BCUT2D eigenvalue weighted by Crippen LogP contribution is 2.12. The Morgan fingerprint density at radius 2 is 2.25 bits per heavy atom. The number of benzene rings is 1. The number of nitrogens with zero attached hydrogens (tertiary/aromatic N) is 1. The van der Waals surface area contributed by atoms with Crippen LogP contribution in [0.25, 0.3) is 10.9 Å². The number of aromatic nitrogens is 1. The lowest BCUT2D eigenvalue weighted by atomic mass is 10.1. The summed E-state index contributed by atoms with van der Waals surface area (Å²) in [6.07, 6.45) is 3.90. The molecule has 0 spiro atoms. The van der Waals surface area contributed by atoms with Crippen LogP contribution in [-0.2, 0) is 6.42 Å². The van der Waals surface area contributed by atoms with Crippen LogP contribution in [0.5, 0.6) is 0 Å². The lowest BCUT2D eigenvalue weighted by molar-refractivity contribution is 1.14. The van der Waals surface area contributed by atoms with Crippen molar-refractivity contribution in [1.82, 2.24) is 4.98 Å². The molecule has 1 heteroatoms. The van der Waals surface area contributed by atoms with E-state index in [1.165, 1.54) is 10.9 Å². The summed E-state index contributed by atoms with van der Waals surface area (Å²) < 4.78 is 0. The first-order valence-electron chi connectivity index (χ1n) is 4.16. The van der Waals surface area contributed by atoms with Crippen LogP contribution in [0.4, 0.5) is 0 Å². The molecule has 0 bridgehead atoms. The predicted molar refractivity (Wildman–Crippen MR) is 50.0 cm³/mol. The molecule has 59 valence electrons. The van der Waals surface area contributed by atoms with E-state index in [2.05, 4.69) is 30.2 Å². The van der Waals surface area contributed by atoms with Gasteiger partial charge in [0.2, 0.25) is 0 Å². The fraction of sp³-hybridized carbons (Fsp3) is 0.182. The Balaban J connectivity index is 2.67. The summed E-state index contributed by atoms with van der Waals surface area (Å²) in [5.41, 5.74) is 2.38. The fourth-order valence-electron chi connectivity index (χ4n) is 1.29. The van der Waals surface area contributed by atoms with Crippen LogP contribution < -0.4 is 0 Å². The summed E-state index contributed by atoms with van der Waals surface area (Å²) in [5, 5.41) is 1.20. The molecule has 0 atom stereocenters. The molecule has 0 aliphatic heterocycles. The summed E-state index contributed by atoms with van der Waals surface area (Å²) in [7, 11) is 0. The monoisotopic (exact) mass is 156 g/mol. The molecule has 1 heterocycles. The first-order chi connectivity index (χ1) is 5.90. The molecule has 0 saturated heterocycles. The SMILES string of the molecule is CCc1ccc2n[c]ccc2c1. The quantitative estimate of drug-likeness (QED) is 0.618. The Morgan fingerprint density at radius 1 is 1.33 bits per heavy atom. The maximum atomic E-state index is 4.13.